The summed E-state index contributed by atoms with van der Waals surface area (Å²) in [7, 11) is 1.56. The minimum absolute atomic E-state index is 0.251. The number of methoxy groups -OCH3 is 1. The lowest BCUT2D eigenvalue weighted by Gasteiger charge is -2.32. The highest BCUT2D eigenvalue weighted by Gasteiger charge is 2.21. The Morgan fingerprint density at radius 1 is 1.39 bits per heavy atom. The molecule has 1 atom stereocenters. The summed E-state index contributed by atoms with van der Waals surface area (Å²) < 4.78 is 4.80. The minimum Gasteiger partial charge on any atom is -0.383 e. The summed E-state index contributed by atoms with van der Waals surface area (Å²) in [4.78, 5) is 25.1. The minimum atomic E-state index is -0.457. The van der Waals surface area contributed by atoms with Crippen LogP contribution in [-0.4, -0.2) is 56.2 Å². The molecule has 1 heterocycles. The van der Waals surface area contributed by atoms with E-state index in [1.165, 1.54) is 6.42 Å². The van der Waals surface area contributed by atoms with Gasteiger partial charge in [-0.15, -0.1) is 0 Å². The Morgan fingerprint density at radius 3 is 2.83 bits per heavy atom. The molecule has 0 aromatic heterocycles. The van der Waals surface area contributed by atoms with Crippen LogP contribution >= 0.6 is 0 Å². The first-order valence-corrected chi connectivity index (χ1v) is 6.44. The molecule has 0 bridgehead atoms. The van der Waals surface area contributed by atoms with Gasteiger partial charge in [0, 0.05) is 19.7 Å². The van der Waals surface area contributed by atoms with E-state index in [4.69, 9.17) is 4.74 Å². The average Bonchev–Trinajstić information content (AvgIpc) is 2.32. The van der Waals surface area contributed by atoms with E-state index in [1.807, 2.05) is 0 Å². The van der Waals surface area contributed by atoms with E-state index in [2.05, 4.69) is 22.5 Å². The molecular formula is C12H23N3O3. The standard InChI is InChI=1S/C12H23N3O3/c1-10-5-3-4-7-15(10)9-11(16)14-12(17)13-6-8-18-2/h10H,3-9H2,1-2H3,(H2,13,14,16,17). The van der Waals surface area contributed by atoms with Gasteiger partial charge in [0.05, 0.1) is 13.2 Å². The highest BCUT2D eigenvalue weighted by molar-refractivity contribution is 5.95. The molecule has 3 amide bonds. The van der Waals surface area contributed by atoms with E-state index in [-0.39, 0.29) is 5.91 Å². The van der Waals surface area contributed by atoms with Crippen LogP contribution in [0.3, 0.4) is 0 Å². The van der Waals surface area contributed by atoms with Crippen molar-refractivity contribution >= 4 is 11.9 Å². The molecule has 18 heavy (non-hydrogen) atoms. The van der Waals surface area contributed by atoms with Crippen LogP contribution in [0.15, 0.2) is 0 Å². The molecule has 6 heteroatoms. The summed E-state index contributed by atoms with van der Waals surface area (Å²) >= 11 is 0. The number of rotatable bonds is 5. The second kappa shape index (κ2) is 8.05. The molecule has 1 saturated heterocycles. The molecule has 0 aromatic carbocycles. The molecule has 0 aromatic rings. The van der Waals surface area contributed by atoms with E-state index in [1.54, 1.807) is 7.11 Å². The molecule has 1 unspecified atom stereocenters. The largest absolute Gasteiger partial charge is 0.383 e. The zero-order valence-electron chi connectivity index (χ0n) is 11.2. The monoisotopic (exact) mass is 257 g/mol. The van der Waals surface area contributed by atoms with Gasteiger partial charge in [0.15, 0.2) is 0 Å². The molecule has 1 aliphatic heterocycles. The number of carbonyl (C=O) groups excluding carboxylic acids is 2. The third-order valence-electron chi connectivity index (χ3n) is 3.13. The predicted octanol–water partition coefficient (Wildman–Crippen LogP) is 0.333. The molecule has 1 fully saturated rings. The number of imide groups is 1. The number of nitrogens with zero attached hydrogens (tertiary/aromatic N) is 1. The highest BCUT2D eigenvalue weighted by atomic mass is 16.5. The Bertz CT molecular complexity index is 284. The molecule has 2 N–H and O–H groups in total. The van der Waals surface area contributed by atoms with Gasteiger partial charge in [-0.3, -0.25) is 15.0 Å². The number of piperidine rings is 1. The molecule has 1 rings (SSSR count). The van der Waals surface area contributed by atoms with Gasteiger partial charge < -0.3 is 10.1 Å². The van der Waals surface area contributed by atoms with Crippen molar-refractivity contribution in [3.63, 3.8) is 0 Å². The van der Waals surface area contributed by atoms with E-state index < -0.39 is 6.03 Å². The van der Waals surface area contributed by atoms with E-state index in [0.29, 0.717) is 25.7 Å². The van der Waals surface area contributed by atoms with Gasteiger partial charge >= 0.3 is 6.03 Å². The lowest BCUT2D eigenvalue weighted by Crippen LogP contribution is -2.48. The van der Waals surface area contributed by atoms with Gasteiger partial charge in [0.2, 0.25) is 5.91 Å². The van der Waals surface area contributed by atoms with Crippen molar-refractivity contribution in [3.8, 4) is 0 Å². The smallest absolute Gasteiger partial charge is 0.321 e. The first kappa shape index (κ1) is 14.9. The number of ether oxygens (including phenoxy) is 1. The van der Waals surface area contributed by atoms with Crippen molar-refractivity contribution in [2.24, 2.45) is 0 Å². The molecule has 1 aliphatic rings. The maximum atomic E-state index is 11.7. The number of hydrogen-bond donors (Lipinski definition) is 2. The number of carbonyl (C=O) groups is 2. The molecule has 0 spiro atoms. The average molecular weight is 257 g/mol. The Balaban J connectivity index is 2.21. The molecular weight excluding hydrogens is 234 g/mol. The molecule has 0 saturated carbocycles. The van der Waals surface area contributed by atoms with Crippen molar-refractivity contribution in [2.45, 2.75) is 32.2 Å². The molecule has 0 radical (unpaired) electrons. The second-order valence-corrected chi connectivity index (χ2v) is 4.61. The lowest BCUT2D eigenvalue weighted by molar-refractivity contribution is -0.122. The first-order chi connectivity index (χ1) is 8.63. The zero-order valence-corrected chi connectivity index (χ0v) is 11.2. The van der Waals surface area contributed by atoms with Crippen LogP contribution in [0.5, 0.6) is 0 Å². The van der Waals surface area contributed by atoms with Crippen molar-refractivity contribution in [1.29, 1.82) is 0 Å². The summed E-state index contributed by atoms with van der Waals surface area (Å²) in [5.74, 6) is -0.251. The quantitative estimate of drug-likeness (QED) is 0.696. The number of hydrogen-bond acceptors (Lipinski definition) is 4. The summed E-state index contributed by atoms with van der Waals surface area (Å²) in [5.41, 5.74) is 0. The Morgan fingerprint density at radius 2 is 2.17 bits per heavy atom. The Kier molecular flexibility index (Phi) is 6.67. The summed E-state index contributed by atoms with van der Waals surface area (Å²) in [6, 6.07) is -0.0391. The fourth-order valence-corrected chi connectivity index (χ4v) is 2.05. The highest BCUT2D eigenvalue weighted by Crippen LogP contribution is 2.15. The van der Waals surface area contributed by atoms with Gasteiger partial charge in [-0.25, -0.2) is 4.79 Å². The number of likely N-dealkylation sites (tertiary alicyclic amines) is 1. The topological polar surface area (TPSA) is 70.7 Å². The third-order valence-corrected chi connectivity index (χ3v) is 3.13. The van der Waals surface area contributed by atoms with Crippen LogP contribution in [0.4, 0.5) is 4.79 Å². The van der Waals surface area contributed by atoms with E-state index in [9.17, 15) is 9.59 Å². The number of nitrogens with one attached hydrogen (secondary N) is 2. The van der Waals surface area contributed by atoms with Crippen LogP contribution in [0.1, 0.15) is 26.2 Å². The number of urea groups is 1. The molecule has 6 nitrogen and oxygen atoms in total. The maximum Gasteiger partial charge on any atom is 0.321 e. The van der Waals surface area contributed by atoms with Gasteiger partial charge in [-0.1, -0.05) is 6.42 Å². The predicted molar refractivity (Wildman–Crippen MR) is 68.3 cm³/mol. The van der Waals surface area contributed by atoms with Crippen LogP contribution in [0.25, 0.3) is 0 Å². The van der Waals surface area contributed by atoms with Gasteiger partial charge in [0.1, 0.15) is 0 Å². The molecule has 0 aliphatic carbocycles. The van der Waals surface area contributed by atoms with E-state index in [0.717, 1.165) is 19.4 Å². The Hall–Kier alpha value is -1.14. The fraction of sp³-hybridized carbons (Fsp3) is 0.833. The SMILES string of the molecule is COCCNC(=O)NC(=O)CN1CCCCC1C. The van der Waals surface area contributed by atoms with Gasteiger partial charge in [0.25, 0.3) is 0 Å². The fourth-order valence-electron chi connectivity index (χ4n) is 2.05. The van der Waals surface area contributed by atoms with Crippen LogP contribution in [-0.2, 0) is 9.53 Å². The summed E-state index contributed by atoms with van der Waals surface area (Å²) in [6.45, 7) is 4.17. The van der Waals surface area contributed by atoms with Crippen molar-refractivity contribution in [3.05, 3.63) is 0 Å². The maximum absolute atomic E-state index is 11.7. The normalized spacial score (nSPS) is 20.4. The zero-order chi connectivity index (χ0) is 13.4. The van der Waals surface area contributed by atoms with Crippen LogP contribution < -0.4 is 10.6 Å². The van der Waals surface area contributed by atoms with Gasteiger partial charge in [-0.2, -0.15) is 0 Å². The third kappa shape index (κ3) is 5.46. The van der Waals surface area contributed by atoms with E-state index >= 15 is 0 Å². The van der Waals surface area contributed by atoms with Crippen molar-refractivity contribution in [2.75, 3.05) is 33.4 Å². The Labute approximate surface area is 108 Å². The summed E-state index contributed by atoms with van der Waals surface area (Å²) in [5, 5.41) is 4.87. The first-order valence-electron chi connectivity index (χ1n) is 6.44. The second-order valence-electron chi connectivity index (χ2n) is 4.61. The van der Waals surface area contributed by atoms with Crippen molar-refractivity contribution in [1.82, 2.24) is 15.5 Å². The number of amides is 3. The summed E-state index contributed by atoms with van der Waals surface area (Å²) in [6.07, 6.45) is 3.46. The van der Waals surface area contributed by atoms with Crippen LogP contribution in [0, 0.1) is 0 Å². The molecule has 104 valence electrons. The van der Waals surface area contributed by atoms with Gasteiger partial charge in [-0.05, 0) is 26.3 Å². The van der Waals surface area contributed by atoms with Crippen molar-refractivity contribution < 1.29 is 14.3 Å². The lowest BCUT2D eigenvalue weighted by atomic mass is 10.0. The van der Waals surface area contributed by atoms with Crippen LogP contribution in [0.2, 0.25) is 0 Å².